The first-order chi connectivity index (χ1) is 7.24. The van der Waals surface area contributed by atoms with Gasteiger partial charge in [-0.1, -0.05) is 34.8 Å². The number of aliphatic carboxylic acids is 1. The molecule has 16 heavy (non-hydrogen) atoms. The van der Waals surface area contributed by atoms with Crippen LogP contribution in [-0.2, 0) is 14.6 Å². The Kier molecular flexibility index (Phi) is 4.07. The van der Waals surface area contributed by atoms with Gasteiger partial charge in [0, 0.05) is 0 Å². The van der Waals surface area contributed by atoms with Crippen molar-refractivity contribution in [3.63, 3.8) is 0 Å². The Hall–Kier alpha value is -0.490. The van der Waals surface area contributed by atoms with E-state index in [0.717, 1.165) is 12.1 Å². The highest BCUT2D eigenvalue weighted by Crippen LogP contribution is 2.32. The fraction of sp³-hybridized carbons (Fsp3) is 0.125. The average molecular weight is 304 g/mol. The maximum absolute atomic E-state index is 11.6. The van der Waals surface area contributed by atoms with Gasteiger partial charge in [0.15, 0.2) is 15.6 Å². The van der Waals surface area contributed by atoms with Crippen LogP contribution in [0.4, 0.5) is 0 Å². The quantitative estimate of drug-likeness (QED) is 0.871. The molecule has 0 aliphatic carbocycles. The fourth-order valence-electron chi connectivity index (χ4n) is 0.983. The number of hydrogen-bond donors (Lipinski definition) is 1. The van der Waals surface area contributed by atoms with Gasteiger partial charge in [-0.15, -0.1) is 0 Å². The van der Waals surface area contributed by atoms with Crippen LogP contribution in [0, 0.1) is 0 Å². The zero-order valence-corrected chi connectivity index (χ0v) is 10.7. The zero-order chi connectivity index (χ0) is 12.5. The summed E-state index contributed by atoms with van der Waals surface area (Å²) >= 11 is 16.9. The molecule has 0 heterocycles. The molecule has 0 bridgehead atoms. The molecule has 0 aromatic heterocycles. The van der Waals surface area contributed by atoms with Gasteiger partial charge < -0.3 is 5.11 Å². The van der Waals surface area contributed by atoms with Gasteiger partial charge in [0.05, 0.1) is 20.0 Å². The Labute approximate surface area is 107 Å². The monoisotopic (exact) mass is 302 g/mol. The highest BCUT2D eigenvalue weighted by atomic mass is 35.5. The molecule has 0 fully saturated rings. The second kappa shape index (κ2) is 4.79. The molecule has 1 aromatic rings. The summed E-state index contributed by atoms with van der Waals surface area (Å²) in [5, 5.41) is 8.38. The number of hydrogen-bond acceptors (Lipinski definition) is 3. The van der Waals surface area contributed by atoms with Crippen molar-refractivity contribution in [2.45, 2.75) is 4.90 Å². The van der Waals surface area contributed by atoms with Crippen LogP contribution in [0.2, 0.25) is 15.1 Å². The van der Waals surface area contributed by atoms with E-state index in [2.05, 4.69) is 0 Å². The smallest absolute Gasteiger partial charge is 0.319 e. The Morgan fingerprint density at radius 1 is 1.12 bits per heavy atom. The average Bonchev–Trinajstić information content (AvgIpc) is 2.08. The minimum Gasteiger partial charge on any atom is -0.480 e. The highest BCUT2D eigenvalue weighted by molar-refractivity contribution is 7.92. The molecule has 4 nitrogen and oxygen atoms in total. The molecular weight excluding hydrogens is 299 g/mol. The van der Waals surface area contributed by atoms with Gasteiger partial charge in [0.2, 0.25) is 0 Å². The third-order valence-corrected chi connectivity index (χ3v) is 4.41. The van der Waals surface area contributed by atoms with E-state index in [1.807, 2.05) is 0 Å². The van der Waals surface area contributed by atoms with Crippen molar-refractivity contribution in [1.82, 2.24) is 0 Å². The molecule has 1 rings (SSSR count). The van der Waals surface area contributed by atoms with Crippen LogP contribution in [0.1, 0.15) is 0 Å². The van der Waals surface area contributed by atoms with Crippen molar-refractivity contribution in [3.05, 3.63) is 27.2 Å². The number of sulfone groups is 1. The lowest BCUT2D eigenvalue weighted by Gasteiger charge is -2.05. The first-order valence-corrected chi connectivity index (χ1v) is 6.62. The minimum absolute atomic E-state index is 0.00460. The minimum atomic E-state index is -4.00. The number of rotatable bonds is 3. The Balaban J connectivity index is 3.34. The summed E-state index contributed by atoms with van der Waals surface area (Å²) < 4.78 is 23.1. The van der Waals surface area contributed by atoms with Crippen molar-refractivity contribution >= 4 is 50.6 Å². The molecule has 0 saturated heterocycles. The summed E-state index contributed by atoms with van der Waals surface area (Å²) in [5.74, 6) is -2.52. The van der Waals surface area contributed by atoms with E-state index < -0.39 is 21.6 Å². The third-order valence-electron chi connectivity index (χ3n) is 1.62. The lowest BCUT2D eigenvalue weighted by molar-refractivity contribution is -0.134. The van der Waals surface area contributed by atoms with Gasteiger partial charge in [-0.25, -0.2) is 8.42 Å². The maximum atomic E-state index is 11.6. The van der Waals surface area contributed by atoms with Crippen molar-refractivity contribution in [1.29, 1.82) is 0 Å². The summed E-state index contributed by atoms with van der Waals surface area (Å²) in [6, 6.07) is 2.19. The van der Waals surface area contributed by atoms with E-state index in [9.17, 15) is 13.2 Å². The van der Waals surface area contributed by atoms with Gasteiger partial charge in [-0.3, -0.25) is 4.79 Å². The third kappa shape index (κ3) is 3.01. The first-order valence-electron chi connectivity index (χ1n) is 3.83. The van der Waals surface area contributed by atoms with Crippen LogP contribution in [0.5, 0.6) is 0 Å². The molecule has 8 heteroatoms. The first kappa shape index (κ1) is 13.6. The molecule has 0 aliphatic heterocycles. The number of carboxylic acids is 1. The lowest BCUT2D eigenvalue weighted by Crippen LogP contribution is -2.15. The van der Waals surface area contributed by atoms with Gasteiger partial charge in [-0.2, -0.15) is 0 Å². The number of carbonyl (C=O) groups is 1. The number of carboxylic acid groups (broad SMARTS) is 1. The van der Waals surface area contributed by atoms with E-state index in [1.165, 1.54) is 0 Å². The predicted molar refractivity (Wildman–Crippen MR) is 61.2 cm³/mol. The topological polar surface area (TPSA) is 71.4 Å². The second-order valence-corrected chi connectivity index (χ2v) is 6.03. The van der Waals surface area contributed by atoms with Crippen molar-refractivity contribution < 1.29 is 18.3 Å². The van der Waals surface area contributed by atoms with Crippen LogP contribution in [0.25, 0.3) is 0 Å². The number of halogens is 3. The van der Waals surface area contributed by atoms with Gasteiger partial charge in [0.1, 0.15) is 0 Å². The van der Waals surface area contributed by atoms with E-state index in [4.69, 9.17) is 39.9 Å². The summed E-state index contributed by atoms with van der Waals surface area (Å²) in [5.41, 5.74) is 0. The van der Waals surface area contributed by atoms with Gasteiger partial charge in [-0.05, 0) is 12.1 Å². The predicted octanol–water partition coefficient (Wildman–Crippen LogP) is 2.51. The van der Waals surface area contributed by atoms with Crippen molar-refractivity contribution in [2.24, 2.45) is 0 Å². The van der Waals surface area contributed by atoms with Crippen LogP contribution in [0.3, 0.4) is 0 Å². The second-order valence-electron chi connectivity index (χ2n) is 2.85. The molecule has 0 radical (unpaired) electrons. The standard InChI is InChI=1S/C8H5Cl3O4S/c9-4-1-6(11)7(2-5(4)10)16(14,15)3-8(12)13/h1-2H,3H2,(H,12,13). The summed E-state index contributed by atoms with van der Waals surface area (Å²) in [4.78, 5) is 10.0. The van der Waals surface area contributed by atoms with E-state index in [-0.39, 0.29) is 20.0 Å². The SMILES string of the molecule is O=C(O)CS(=O)(=O)c1cc(Cl)c(Cl)cc1Cl. The van der Waals surface area contributed by atoms with Crippen LogP contribution in [0.15, 0.2) is 17.0 Å². The van der Waals surface area contributed by atoms with Gasteiger partial charge in [0.25, 0.3) is 0 Å². The lowest BCUT2D eigenvalue weighted by atomic mass is 10.4. The largest absolute Gasteiger partial charge is 0.480 e. The fourth-order valence-corrected chi connectivity index (χ4v) is 3.08. The molecule has 1 N–H and O–H groups in total. The Morgan fingerprint density at radius 3 is 2.12 bits per heavy atom. The van der Waals surface area contributed by atoms with Gasteiger partial charge >= 0.3 is 5.97 Å². The zero-order valence-electron chi connectivity index (χ0n) is 7.58. The Bertz CT molecular complexity index is 538. The molecule has 88 valence electrons. The van der Waals surface area contributed by atoms with Crippen LogP contribution in [-0.4, -0.2) is 25.2 Å². The highest BCUT2D eigenvalue weighted by Gasteiger charge is 2.23. The summed E-state index contributed by atoms with van der Waals surface area (Å²) in [6.07, 6.45) is 0. The number of benzene rings is 1. The van der Waals surface area contributed by atoms with Crippen molar-refractivity contribution in [3.8, 4) is 0 Å². The Morgan fingerprint density at radius 2 is 1.62 bits per heavy atom. The van der Waals surface area contributed by atoms with Crippen LogP contribution >= 0.6 is 34.8 Å². The van der Waals surface area contributed by atoms with Crippen LogP contribution < -0.4 is 0 Å². The molecule has 0 saturated carbocycles. The van der Waals surface area contributed by atoms with E-state index in [1.54, 1.807) is 0 Å². The molecule has 0 unspecified atom stereocenters. The molecular formula is C8H5Cl3O4S. The van der Waals surface area contributed by atoms with E-state index in [0.29, 0.717) is 0 Å². The molecule has 1 aromatic carbocycles. The van der Waals surface area contributed by atoms with Crippen molar-refractivity contribution in [2.75, 3.05) is 5.75 Å². The summed E-state index contributed by atoms with van der Waals surface area (Å²) in [7, 11) is -4.00. The maximum Gasteiger partial charge on any atom is 0.319 e. The molecule has 0 atom stereocenters. The molecule has 0 aliphatic rings. The van der Waals surface area contributed by atoms with E-state index >= 15 is 0 Å². The molecule has 0 spiro atoms. The molecule has 0 amide bonds. The summed E-state index contributed by atoms with van der Waals surface area (Å²) in [6.45, 7) is 0. The normalized spacial score (nSPS) is 11.4.